The molecule has 7 heteroatoms. The highest BCUT2D eigenvalue weighted by molar-refractivity contribution is 6.31. The third-order valence-corrected chi connectivity index (χ3v) is 6.28. The number of rotatable bonds is 7. The Bertz CT molecular complexity index is 867. The molecule has 2 aromatic rings. The first-order valence-electron chi connectivity index (χ1n) is 10.1. The van der Waals surface area contributed by atoms with E-state index in [1.165, 1.54) is 11.3 Å². The summed E-state index contributed by atoms with van der Waals surface area (Å²) in [6.07, 6.45) is 5.29. The molecule has 0 aromatic heterocycles. The molecule has 1 fully saturated rings. The van der Waals surface area contributed by atoms with Gasteiger partial charge in [-0.2, -0.15) is 0 Å². The van der Waals surface area contributed by atoms with Crippen molar-refractivity contribution in [2.75, 3.05) is 5.88 Å². The van der Waals surface area contributed by atoms with E-state index in [2.05, 4.69) is 5.32 Å². The van der Waals surface area contributed by atoms with Crippen LogP contribution in [0, 0.1) is 0 Å². The number of nitrogens with zero attached hydrogens (tertiary/aromatic N) is 1. The van der Waals surface area contributed by atoms with Gasteiger partial charge in [-0.25, -0.2) is 0 Å². The highest BCUT2D eigenvalue weighted by atomic mass is 35.5. The predicted molar refractivity (Wildman–Crippen MR) is 122 cm³/mol. The number of hydrogen-bond donors (Lipinski definition) is 1. The molecule has 0 heterocycles. The molecule has 30 heavy (non-hydrogen) atoms. The maximum absolute atomic E-state index is 13.4. The average molecular weight is 468 g/mol. The number of benzene rings is 2. The van der Waals surface area contributed by atoms with Gasteiger partial charge < -0.3 is 10.2 Å². The monoisotopic (exact) mass is 466 g/mol. The highest BCUT2D eigenvalue weighted by Crippen LogP contribution is 2.28. The Balaban J connectivity index is 1.95. The second kappa shape index (κ2) is 11.0. The molecule has 2 amide bonds. The van der Waals surface area contributed by atoms with Crippen molar-refractivity contribution in [2.24, 2.45) is 0 Å². The molecule has 0 radical (unpaired) electrons. The van der Waals surface area contributed by atoms with Gasteiger partial charge in [0.15, 0.2) is 0 Å². The van der Waals surface area contributed by atoms with Crippen LogP contribution in [-0.4, -0.2) is 28.6 Å². The molecular weight excluding hydrogens is 443 g/mol. The number of halogens is 3. The van der Waals surface area contributed by atoms with Crippen LogP contribution in [0.2, 0.25) is 10.0 Å². The molecular formula is C23H25Cl3N2O2. The molecule has 1 saturated carbocycles. The van der Waals surface area contributed by atoms with E-state index < -0.39 is 6.04 Å². The zero-order valence-corrected chi connectivity index (χ0v) is 18.9. The Morgan fingerprint density at radius 1 is 1.00 bits per heavy atom. The smallest absolute Gasteiger partial charge is 0.247 e. The van der Waals surface area contributed by atoms with Crippen LogP contribution in [0.3, 0.4) is 0 Å². The maximum Gasteiger partial charge on any atom is 0.247 e. The lowest BCUT2D eigenvalue weighted by Gasteiger charge is -2.33. The zero-order valence-electron chi connectivity index (χ0n) is 16.6. The van der Waals surface area contributed by atoms with Gasteiger partial charge in [-0.15, -0.1) is 11.6 Å². The van der Waals surface area contributed by atoms with E-state index in [0.717, 1.165) is 31.2 Å². The van der Waals surface area contributed by atoms with Crippen molar-refractivity contribution in [1.82, 2.24) is 10.2 Å². The van der Waals surface area contributed by atoms with Gasteiger partial charge in [0.2, 0.25) is 11.8 Å². The van der Waals surface area contributed by atoms with Crippen LogP contribution >= 0.6 is 34.8 Å². The van der Waals surface area contributed by atoms with E-state index in [0.29, 0.717) is 15.6 Å². The van der Waals surface area contributed by atoms with E-state index in [9.17, 15) is 9.59 Å². The molecule has 0 spiro atoms. The second-order valence-electron chi connectivity index (χ2n) is 7.54. The fourth-order valence-corrected chi connectivity index (χ4v) is 4.33. The summed E-state index contributed by atoms with van der Waals surface area (Å²) < 4.78 is 0. The van der Waals surface area contributed by atoms with Gasteiger partial charge in [-0.1, -0.05) is 72.8 Å². The van der Waals surface area contributed by atoms with Crippen molar-refractivity contribution in [3.05, 3.63) is 69.7 Å². The van der Waals surface area contributed by atoms with Gasteiger partial charge in [0.05, 0.1) is 0 Å². The average Bonchev–Trinajstić information content (AvgIpc) is 2.76. The van der Waals surface area contributed by atoms with Crippen LogP contribution in [-0.2, 0) is 16.1 Å². The molecule has 0 unspecified atom stereocenters. The molecule has 160 valence electrons. The van der Waals surface area contributed by atoms with Crippen molar-refractivity contribution in [3.63, 3.8) is 0 Å². The summed E-state index contributed by atoms with van der Waals surface area (Å²) in [6, 6.07) is 13.6. The van der Waals surface area contributed by atoms with E-state index in [4.69, 9.17) is 34.8 Å². The summed E-state index contributed by atoms with van der Waals surface area (Å²) in [5.41, 5.74) is 1.43. The van der Waals surface area contributed by atoms with Gasteiger partial charge >= 0.3 is 0 Å². The Morgan fingerprint density at radius 3 is 2.30 bits per heavy atom. The largest absolute Gasteiger partial charge is 0.351 e. The fourth-order valence-electron chi connectivity index (χ4n) is 3.86. The molecule has 4 nitrogen and oxygen atoms in total. The number of amides is 2. The van der Waals surface area contributed by atoms with Gasteiger partial charge in [-0.3, -0.25) is 9.59 Å². The second-order valence-corrected chi connectivity index (χ2v) is 8.66. The summed E-state index contributed by atoms with van der Waals surface area (Å²) in [7, 11) is 0. The lowest BCUT2D eigenvalue weighted by molar-refractivity contribution is -0.140. The van der Waals surface area contributed by atoms with Crippen LogP contribution in [0.25, 0.3) is 0 Å². The maximum atomic E-state index is 13.4. The summed E-state index contributed by atoms with van der Waals surface area (Å²) in [5, 5.41) is 4.25. The molecule has 1 N–H and O–H groups in total. The topological polar surface area (TPSA) is 49.4 Å². The van der Waals surface area contributed by atoms with Crippen LogP contribution in [0.1, 0.15) is 49.3 Å². The molecule has 2 aromatic carbocycles. The molecule has 1 aliphatic rings. The van der Waals surface area contributed by atoms with Crippen molar-refractivity contribution in [1.29, 1.82) is 0 Å². The zero-order chi connectivity index (χ0) is 21.5. The van der Waals surface area contributed by atoms with E-state index >= 15 is 0 Å². The predicted octanol–water partition coefficient (Wildman–Crippen LogP) is 5.75. The molecule has 0 saturated heterocycles. The number of nitrogens with one attached hydrogen (secondary N) is 1. The Morgan fingerprint density at radius 2 is 1.67 bits per heavy atom. The van der Waals surface area contributed by atoms with Gasteiger partial charge in [0.25, 0.3) is 0 Å². The minimum atomic E-state index is -0.827. The van der Waals surface area contributed by atoms with Gasteiger partial charge in [0, 0.05) is 22.6 Å². The normalized spacial score (nSPS) is 15.4. The van der Waals surface area contributed by atoms with Crippen LogP contribution in [0.5, 0.6) is 0 Å². The van der Waals surface area contributed by atoms with E-state index in [1.54, 1.807) is 30.3 Å². The molecule has 0 bridgehead atoms. The Labute approximate surface area is 192 Å². The minimum absolute atomic E-state index is 0.120. The van der Waals surface area contributed by atoms with Gasteiger partial charge in [0.1, 0.15) is 11.9 Å². The van der Waals surface area contributed by atoms with E-state index in [-0.39, 0.29) is 30.3 Å². The lowest BCUT2D eigenvalue weighted by Crippen LogP contribution is -2.47. The number of hydrogen-bond acceptors (Lipinski definition) is 2. The van der Waals surface area contributed by atoms with Crippen LogP contribution < -0.4 is 5.32 Å². The summed E-state index contributed by atoms with van der Waals surface area (Å²) in [5.74, 6) is -0.782. The molecule has 0 aliphatic heterocycles. The highest BCUT2D eigenvalue weighted by Gasteiger charge is 2.33. The summed E-state index contributed by atoms with van der Waals surface area (Å²) in [6.45, 7) is 0.177. The SMILES string of the molecule is O=C(NC1CCCCC1)[C@H](c1ccc(Cl)cc1)N(Cc1ccccc1Cl)C(=O)CCl. The number of carbonyl (C=O) groups excluding carboxylic acids is 2. The van der Waals surface area contributed by atoms with Crippen LogP contribution in [0.15, 0.2) is 48.5 Å². The fraction of sp³-hybridized carbons (Fsp3) is 0.391. The third-order valence-electron chi connectivity index (χ3n) is 5.43. The van der Waals surface area contributed by atoms with Crippen molar-refractivity contribution < 1.29 is 9.59 Å². The summed E-state index contributed by atoms with van der Waals surface area (Å²) in [4.78, 5) is 27.8. The van der Waals surface area contributed by atoms with Gasteiger partial charge in [-0.05, 0) is 42.2 Å². The first kappa shape index (κ1) is 22.9. The minimum Gasteiger partial charge on any atom is -0.351 e. The lowest BCUT2D eigenvalue weighted by atomic mass is 9.94. The molecule has 3 rings (SSSR count). The first-order chi connectivity index (χ1) is 14.5. The first-order valence-corrected chi connectivity index (χ1v) is 11.4. The van der Waals surface area contributed by atoms with Crippen LogP contribution in [0.4, 0.5) is 0 Å². The Hall–Kier alpha value is -1.75. The Kier molecular flexibility index (Phi) is 8.43. The molecule has 1 aliphatic carbocycles. The van der Waals surface area contributed by atoms with E-state index in [1.807, 2.05) is 18.2 Å². The molecule has 1 atom stereocenters. The standard InChI is InChI=1S/C23H25Cl3N2O2/c24-14-21(29)28(15-17-6-4-5-9-20(17)26)22(16-10-12-18(25)13-11-16)23(30)27-19-7-2-1-3-8-19/h4-6,9-13,19,22H,1-3,7-8,14-15H2,(H,27,30)/t22-/m0/s1. The van der Waals surface area contributed by atoms with Crippen molar-refractivity contribution in [2.45, 2.75) is 50.7 Å². The number of alkyl halides is 1. The summed E-state index contributed by atoms with van der Waals surface area (Å²) >= 11 is 18.3. The third kappa shape index (κ3) is 5.90. The van der Waals surface area contributed by atoms with Crippen molar-refractivity contribution >= 4 is 46.6 Å². The van der Waals surface area contributed by atoms with Crippen molar-refractivity contribution in [3.8, 4) is 0 Å². The number of carbonyl (C=O) groups is 2. The quantitative estimate of drug-likeness (QED) is 0.527.